The van der Waals surface area contributed by atoms with Gasteiger partial charge in [0, 0.05) is 12.5 Å². The molecule has 1 amide bonds. The van der Waals surface area contributed by atoms with E-state index < -0.39 is 0 Å². The van der Waals surface area contributed by atoms with Crippen molar-refractivity contribution < 1.29 is 9.90 Å². The highest BCUT2D eigenvalue weighted by Gasteiger charge is 2.05. The fourth-order valence-electron chi connectivity index (χ4n) is 1.38. The molecule has 4 heteroatoms. The smallest absolute Gasteiger partial charge is 0.224 e. The van der Waals surface area contributed by atoms with E-state index in [4.69, 9.17) is 5.73 Å². The minimum atomic E-state index is -0.0952. The molecule has 0 aliphatic carbocycles. The zero-order chi connectivity index (χ0) is 12.0. The number of para-hydroxylation sites is 2. The summed E-state index contributed by atoms with van der Waals surface area (Å²) in [4.78, 5) is 11.5. The minimum Gasteiger partial charge on any atom is -0.506 e. The third-order valence-corrected chi connectivity index (χ3v) is 2.24. The van der Waals surface area contributed by atoms with Crippen LogP contribution in [0.1, 0.15) is 26.2 Å². The standard InChI is InChI=1S/C12H18N2O2/c1-9(13)5-4-8-12(16)14-10-6-2-3-7-11(10)15/h2-3,6-7,9,15H,4-5,8,13H2,1H3,(H,14,16). The Morgan fingerprint density at radius 2 is 2.19 bits per heavy atom. The number of anilines is 1. The lowest BCUT2D eigenvalue weighted by Crippen LogP contribution is -2.16. The Morgan fingerprint density at radius 1 is 1.50 bits per heavy atom. The quantitative estimate of drug-likeness (QED) is 0.665. The number of hydrogen-bond donors (Lipinski definition) is 3. The summed E-state index contributed by atoms with van der Waals surface area (Å²) in [6.07, 6.45) is 2.02. The van der Waals surface area contributed by atoms with Gasteiger partial charge in [-0.3, -0.25) is 4.79 Å². The van der Waals surface area contributed by atoms with Crippen molar-refractivity contribution in [2.75, 3.05) is 5.32 Å². The minimum absolute atomic E-state index is 0.0862. The maximum Gasteiger partial charge on any atom is 0.224 e. The molecule has 0 saturated heterocycles. The molecule has 0 spiro atoms. The summed E-state index contributed by atoms with van der Waals surface area (Å²) >= 11 is 0. The molecule has 1 atom stereocenters. The molecular formula is C12H18N2O2. The number of carbonyl (C=O) groups is 1. The van der Waals surface area contributed by atoms with E-state index in [0.29, 0.717) is 12.1 Å². The van der Waals surface area contributed by atoms with E-state index in [2.05, 4.69) is 5.32 Å². The van der Waals surface area contributed by atoms with Crippen molar-refractivity contribution in [3.8, 4) is 5.75 Å². The predicted octanol–water partition coefficient (Wildman–Crippen LogP) is 1.85. The molecule has 0 aliphatic rings. The van der Waals surface area contributed by atoms with Gasteiger partial charge in [-0.2, -0.15) is 0 Å². The number of benzene rings is 1. The average Bonchev–Trinajstić information content (AvgIpc) is 2.21. The van der Waals surface area contributed by atoms with Crippen LogP contribution in [0.25, 0.3) is 0 Å². The highest BCUT2D eigenvalue weighted by Crippen LogP contribution is 2.21. The van der Waals surface area contributed by atoms with E-state index in [1.807, 2.05) is 6.92 Å². The molecule has 0 radical (unpaired) electrons. The average molecular weight is 222 g/mol. The SMILES string of the molecule is CC(N)CCCC(=O)Nc1ccccc1O. The first kappa shape index (κ1) is 12.5. The van der Waals surface area contributed by atoms with Crippen LogP contribution in [0.15, 0.2) is 24.3 Å². The number of rotatable bonds is 5. The predicted molar refractivity (Wildman–Crippen MR) is 64.2 cm³/mol. The Bertz CT molecular complexity index is 351. The molecule has 1 aromatic carbocycles. The number of aromatic hydroxyl groups is 1. The first-order valence-corrected chi connectivity index (χ1v) is 5.43. The van der Waals surface area contributed by atoms with Crippen LogP contribution < -0.4 is 11.1 Å². The van der Waals surface area contributed by atoms with E-state index in [1.165, 1.54) is 6.07 Å². The molecule has 1 aromatic rings. The van der Waals surface area contributed by atoms with Crippen molar-refractivity contribution in [3.05, 3.63) is 24.3 Å². The lowest BCUT2D eigenvalue weighted by molar-refractivity contribution is -0.116. The van der Waals surface area contributed by atoms with Gasteiger partial charge in [0.15, 0.2) is 0 Å². The van der Waals surface area contributed by atoms with Gasteiger partial charge in [-0.25, -0.2) is 0 Å². The van der Waals surface area contributed by atoms with Crippen LogP contribution >= 0.6 is 0 Å². The van der Waals surface area contributed by atoms with Crippen molar-refractivity contribution >= 4 is 11.6 Å². The highest BCUT2D eigenvalue weighted by atomic mass is 16.3. The van der Waals surface area contributed by atoms with E-state index in [-0.39, 0.29) is 17.7 Å². The molecular weight excluding hydrogens is 204 g/mol. The largest absolute Gasteiger partial charge is 0.506 e. The molecule has 1 unspecified atom stereocenters. The Morgan fingerprint density at radius 3 is 2.81 bits per heavy atom. The van der Waals surface area contributed by atoms with Gasteiger partial charge in [0.2, 0.25) is 5.91 Å². The fourth-order valence-corrected chi connectivity index (χ4v) is 1.38. The summed E-state index contributed by atoms with van der Waals surface area (Å²) in [7, 11) is 0. The summed E-state index contributed by atoms with van der Waals surface area (Å²) in [5.41, 5.74) is 6.04. The third kappa shape index (κ3) is 4.31. The molecule has 0 aliphatic heterocycles. The second kappa shape index (κ2) is 6.12. The normalized spacial score (nSPS) is 12.1. The van der Waals surface area contributed by atoms with Gasteiger partial charge in [-0.15, -0.1) is 0 Å². The van der Waals surface area contributed by atoms with Gasteiger partial charge in [0.1, 0.15) is 5.75 Å². The first-order chi connectivity index (χ1) is 7.59. The van der Waals surface area contributed by atoms with E-state index in [0.717, 1.165) is 12.8 Å². The summed E-state index contributed by atoms with van der Waals surface area (Å²) in [6, 6.07) is 6.80. The number of carbonyl (C=O) groups excluding carboxylic acids is 1. The summed E-state index contributed by atoms with van der Waals surface area (Å²) in [5, 5.41) is 12.1. The van der Waals surface area contributed by atoms with Crippen LogP contribution in [-0.2, 0) is 4.79 Å². The van der Waals surface area contributed by atoms with Crippen LogP contribution in [0.2, 0.25) is 0 Å². The van der Waals surface area contributed by atoms with Crippen LogP contribution in [-0.4, -0.2) is 17.1 Å². The number of phenols is 1. The van der Waals surface area contributed by atoms with Crippen molar-refractivity contribution in [2.45, 2.75) is 32.2 Å². The molecule has 16 heavy (non-hydrogen) atoms. The Hall–Kier alpha value is -1.55. The summed E-state index contributed by atoms with van der Waals surface area (Å²) in [6.45, 7) is 1.92. The Kier molecular flexibility index (Phi) is 4.79. The molecule has 4 nitrogen and oxygen atoms in total. The zero-order valence-corrected chi connectivity index (χ0v) is 9.44. The third-order valence-electron chi connectivity index (χ3n) is 2.24. The van der Waals surface area contributed by atoms with Gasteiger partial charge >= 0.3 is 0 Å². The molecule has 0 heterocycles. The molecule has 4 N–H and O–H groups in total. The molecule has 88 valence electrons. The molecule has 0 fully saturated rings. The van der Waals surface area contributed by atoms with Gasteiger partial charge in [0.25, 0.3) is 0 Å². The number of nitrogens with two attached hydrogens (primary N) is 1. The lowest BCUT2D eigenvalue weighted by atomic mass is 10.1. The first-order valence-electron chi connectivity index (χ1n) is 5.43. The van der Waals surface area contributed by atoms with Crippen LogP contribution in [0, 0.1) is 0 Å². The van der Waals surface area contributed by atoms with Crippen LogP contribution in [0.3, 0.4) is 0 Å². The molecule has 0 saturated carbocycles. The number of phenolic OH excluding ortho intramolecular Hbond substituents is 1. The van der Waals surface area contributed by atoms with Crippen molar-refractivity contribution in [2.24, 2.45) is 5.73 Å². The fraction of sp³-hybridized carbons (Fsp3) is 0.417. The summed E-state index contributed by atoms with van der Waals surface area (Å²) < 4.78 is 0. The van der Waals surface area contributed by atoms with E-state index >= 15 is 0 Å². The number of nitrogens with one attached hydrogen (secondary N) is 1. The topological polar surface area (TPSA) is 75.4 Å². The van der Waals surface area contributed by atoms with Gasteiger partial charge in [0.05, 0.1) is 5.69 Å². The maximum atomic E-state index is 11.5. The van der Waals surface area contributed by atoms with Gasteiger partial charge < -0.3 is 16.2 Å². The monoisotopic (exact) mass is 222 g/mol. The summed E-state index contributed by atoms with van der Waals surface area (Å²) in [5.74, 6) is -0.00908. The Balaban J connectivity index is 2.37. The van der Waals surface area contributed by atoms with Crippen molar-refractivity contribution in [1.29, 1.82) is 0 Å². The van der Waals surface area contributed by atoms with E-state index in [9.17, 15) is 9.90 Å². The van der Waals surface area contributed by atoms with Gasteiger partial charge in [-0.1, -0.05) is 12.1 Å². The second-order valence-electron chi connectivity index (χ2n) is 3.93. The van der Waals surface area contributed by atoms with Crippen LogP contribution in [0.5, 0.6) is 5.75 Å². The molecule has 1 rings (SSSR count). The van der Waals surface area contributed by atoms with Crippen molar-refractivity contribution in [1.82, 2.24) is 0 Å². The Labute approximate surface area is 95.5 Å². The van der Waals surface area contributed by atoms with Crippen molar-refractivity contribution in [3.63, 3.8) is 0 Å². The highest BCUT2D eigenvalue weighted by molar-refractivity contribution is 5.92. The molecule has 0 bridgehead atoms. The van der Waals surface area contributed by atoms with Gasteiger partial charge in [-0.05, 0) is 31.9 Å². The lowest BCUT2D eigenvalue weighted by Gasteiger charge is -2.07. The zero-order valence-electron chi connectivity index (χ0n) is 9.44. The van der Waals surface area contributed by atoms with E-state index in [1.54, 1.807) is 18.2 Å². The maximum absolute atomic E-state index is 11.5. The number of amides is 1. The number of hydrogen-bond acceptors (Lipinski definition) is 3. The van der Waals surface area contributed by atoms with Crippen LogP contribution in [0.4, 0.5) is 5.69 Å². The molecule has 0 aromatic heterocycles. The second-order valence-corrected chi connectivity index (χ2v) is 3.93.